The van der Waals surface area contributed by atoms with E-state index in [2.05, 4.69) is 4.74 Å². The van der Waals surface area contributed by atoms with Crippen molar-refractivity contribution >= 4 is 23.3 Å². The number of Topliss-reactive ketones (excluding diaryl/α,β-unsaturated/α-hetero) is 1. The van der Waals surface area contributed by atoms with Crippen molar-refractivity contribution in [1.82, 2.24) is 0 Å². The van der Waals surface area contributed by atoms with Crippen molar-refractivity contribution in [2.75, 3.05) is 6.61 Å². The standard InChI is InChI=1S/C14H10O5/c1-8(15)19-7-13(18)10-4-2-3-9-11(16)5-6-12(17)14(9)10/h2-6H,7H2,1H3. The van der Waals surface area contributed by atoms with Crippen LogP contribution in [0, 0.1) is 0 Å². The van der Waals surface area contributed by atoms with E-state index in [4.69, 9.17) is 0 Å². The summed E-state index contributed by atoms with van der Waals surface area (Å²) in [6.45, 7) is 0.738. The first-order chi connectivity index (χ1) is 9.00. The van der Waals surface area contributed by atoms with Crippen LogP contribution in [-0.4, -0.2) is 29.9 Å². The normalized spacial score (nSPS) is 13.1. The Kier molecular flexibility index (Phi) is 3.37. The first kappa shape index (κ1) is 12.9. The summed E-state index contributed by atoms with van der Waals surface area (Å²) in [4.78, 5) is 46.0. The first-order valence-corrected chi connectivity index (χ1v) is 5.57. The Hall–Kier alpha value is -2.56. The minimum Gasteiger partial charge on any atom is -0.457 e. The predicted molar refractivity (Wildman–Crippen MR) is 65.2 cm³/mol. The van der Waals surface area contributed by atoms with Gasteiger partial charge in [0.2, 0.25) is 5.78 Å². The van der Waals surface area contributed by atoms with Crippen LogP contribution in [0.25, 0.3) is 0 Å². The fourth-order valence-electron chi connectivity index (χ4n) is 1.82. The van der Waals surface area contributed by atoms with Gasteiger partial charge in [-0.2, -0.15) is 0 Å². The molecule has 1 aromatic carbocycles. The quantitative estimate of drug-likeness (QED) is 0.604. The highest BCUT2D eigenvalue weighted by Gasteiger charge is 2.25. The largest absolute Gasteiger partial charge is 0.457 e. The van der Waals surface area contributed by atoms with E-state index in [-0.39, 0.29) is 22.5 Å². The van der Waals surface area contributed by atoms with Crippen LogP contribution in [-0.2, 0) is 9.53 Å². The molecule has 0 atom stereocenters. The summed E-state index contributed by atoms with van der Waals surface area (Å²) < 4.78 is 4.61. The second kappa shape index (κ2) is 4.97. The number of carbonyl (C=O) groups is 4. The van der Waals surface area contributed by atoms with Gasteiger partial charge in [0.15, 0.2) is 18.2 Å². The molecule has 0 saturated heterocycles. The number of hydrogen-bond acceptors (Lipinski definition) is 5. The molecule has 1 aliphatic rings. The van der Waals surface area contributed by atoms with Crippen molar-refractivity contribution in [2.24, 2.45) is 0 Å². The minimum absolute atomic E-state index is 0.0761. The van der Waals surface area contributed by atoms with Crippen LogP contribution in [0.15, 0.2) is 30.4 Å². The molecule has 1 aromatic rings. The number of esters is 1. The molecule has 0 spiro atoms. The number of ether oxygens (including phenoxy) is 1. The van der Waals surface area contributed by atoms with Crippen molar-refractivity contribution < 1.29 is 23.9 Å². The molecule has 0 unspecified atom stereocenters. The molecular formula is C14H10O5. The van der Waals surface area contributed by atoms with Crippen LogP contribution < -0.4 is 0 Å². The SMILES string of the molecule is CC(=O)OCC(=O)c1cccc2c1C(=O)C=CC2=O. The Balaban J connectivity index is 2.41. The maximum Gasteiger partial charge on any atom is 0.303 e. The number of benzene rings is 1. The fraction of sp³-hybridized carbons (Fsp3) is 0.143. The summed E-state index contributed by atoms with van der Waals surface area (Å²) in [5.41, 5.74) is 0.370. The lowest BCUT2D eigenvalue weighted by atomic mass is 9.89. The van der Waals surface area contributed by atoms with Crippen LogP contribution in [0.1, 0.15) is 38.0 Å². The molecule has 0 bridgehead atoms. The fourth-order valence-corrected chi connectivity index (χ4v) is 1.82. The second-order valence-electron chi connectivity index (χ2n) is 3.99. The third-order valence-corrected chi connectivity index (χ3v) is 2.67. The van der Waals surface area contributed by atoms with Gasteiger partial charge in [0.05, 0.1) is 0 Å². The van der Waals surface area contributed by atoms with Gasteiger partial charge in [-0.1, -0.05) is 18.2 Å². The van der Waals surface area contributed by atoms with E-state index in [0.29, 0.717) is 0 Å². The lowest BCUT2D eigenvalue weighted by Crippen LogP contribution is -2.20. The van der Waals surface area contributed by atoms with Gasteiger partial charge in [-0.3, -0.25) is 19.2 Å². The van der Waals surface area contributed by atoms with Gasteiger partial charge in [-0.05, 0) is 12.2 Å². The number of allylic oxidation sites excluding steroid dienone is 2. The van der Waals surface area contributed by atoms with Crippen molar-refractivity contribution in [1.29, 1.82) is 0 Å². The molecule has 0 N–H and O–H groups in total. The number of ketones is 3. The molecule has 1 aliphatic carbocycles. The Labute approximate surface area is 108 Å². The van der Waals surface area contributed by atoms with E-state index in [1.165, 1.54) is 31.2 Å². The van der Waals surface area contributed by atoms with Crippen molar-refractivity contribution in [3.63, 3.8) is 0 Å². The monoisotopic (exact) mass is 258 g/mol. The van der Waals surface area contributed by atoms with Gasteiger partial charge in [-0.25, -0.2) is 0 Å². The highest BCUT2D eigenvalue weighted by Crippen LogP contribution is 2.21. The Morgan fingerprint density at radius 1 is 1.11 bits per heavy atom. The van der Waals surface area contributed by atoms with Crippen LogP contribution in [0.4, 0.5) is 0 Å². The van der Waals surface area contributed by atoms with Gasteiger partial charge >= 0.3 is 5.97 Å². The third-order valence-electron chi connectivity index (χ3n) is 2.67. The molecule has 0 radical (unpaired) electrons. The molecule has 0 aromatic heterocycles. The van der Waals surface area contributed by atoms with Gasteiger partial charge in [-0.15, -0.1) is 0 Å². The molecule has 0 amide bonds. The van der Waals surface area contributed by atoms with Crippen LogP contribution in [0.5, 0.6) is 0 Å². The molecular weight excluding hydrogens is 248 g/mol. The smallest absolute Gasteiger partial charge is 0.303 e. The Morgan fingerprint density at radius 3 is 2.47 bits per heavy atom. The molecule has 0 fully saturated rings. The number of hydrogen-bond donors (Lipinski definition) is 0. The number of fused-ring (bicyclic) bond motifs is 1. The van der Waals surface area contributed by atoms with E-state index in [1.54, 1.807) is 0 Å². The lowest BCUT2D eigenvalue weighted by Gasteiger charge is -2.13. The molecule has 5 heteroatoms. The summed E-state index contributed by atoms with van der Waals surface area (Å²) in [5, 5.41) is 0. The van der Waals surface area contributed by atoms with Crippen molar-refractivity contribution in [2.45, 2.75) is 6.92 Å². The predicted octanol–water partition coefficient (Wildman–Crippen LogP) is 1.37. The topological polar surface area (TPSA) is 77.5 Å². The minimum atomic E-state index is -0.583. The maximum absolute atomic E-state index is 11.9. The van der Waals surface area contributed by atoms with Gasteiger partial charge < -0.3 is 4.74 Å². The van der Waals surface area contributed by atoms with Crippen molar-refractivity contribution in [3.8, 4) is 0 Å². The van der Waals surface area contributed by atoms with E-state index in [1.807, 2.05) is 0 Å². The molecule has 0 saturated carbocycles. The first-order valence-electron chi connectivity index (χ1n) is 5.57. The molecule has 96 valence electrons. The van der Waals surface area contributed by atoms with Gasteiger partial charge in [0.1, 0.15) is 0 Å². The summed E-state index contributed by atoms with van der Waals surface area (Å²) in [7, 11) is 0. The molecule has 5 nitrogen and oxygen atoms in total. The number of carbonyl (C=O) groups excluding carboxylic acids is 4. The summed E-state index contributed by atoms with van der Waals surface area (Å²) in [6.07, 6.45) is 2.30. The average molecular weight is 258 g/mol. The van der Waals surface area contributed by atoms with Crippen LogP contribution in [0.3, 0.4) is 0 Å². The number of rotatable bonds is 3. The van der Waals surface area contributed by atoms with E-state index < -0.39 is 24.1 Å². The highest BCUT2D eigenvalue weighted by atomic mass is 16.5. The lowest BCUT2D eigenvalue weighted by molar-refractivity contribution is -0.139. The third kappa shape index (κ3) is 2.49. The molecule has 0 heterocycles. The molecule has 0 aliphatic heterocycles. The average Bonchev–Trinajstić information content (AvgIpc) is 2.39. The van der Waals surface area contributed by atoms with E-state index in [0.717, 1.165) is 6.08 Å². The summed E-state index contributed by atoms with van der Waals surface area (Å²) >= 11 is 0. The zero-order valence-corrected chi connectivity index (χ0v) is 10.1. The summed E-state index contributed by atoms with van der Waals surface area (Å²) in [6, 6.07) is 4.45. The van der Waals surface area contributed by atoms with E-state index in [9.17, 15) is 19.2 Å². The van der Waals surface area contributed by atoms with Gasteiger partial charge in [0.25, 0.3) is 0 Å². The molecule has 2 rings (SSSR count). The maximum atomic E-state index is 11.9. The van der Waals surface area contributed by atoms with Gasteiger partial charge in [0, 0.05) is 23.6 Å². The highest BCUT2D eigenvalue weighted by molar-refractivity contribution is 6.25. The summed E-state index contributed by atoms with van der Waals surface area (Å²) in [5.74, 6) is -1.82. The van der Waals surface area contributed by atoms with E-state index >= 15 is 0 Å². The second-order valence-corrected chi connectivity index (χ2v) is 3.99. The zero-order chi connectivity index (χ0) is 14.0. The van der Waals surface area contributed by atoms with Crippen molar-refractivity contribution in [3.05, 3.63) is 47.0 Å². The Bertz CT molecular complexity index is 625. The Morgan fingerprint density at radius 2 is 1.79 bits per heavy atom. The zero-order valence-electron chi connectivity index (χ0n) is 10.1. The van der Waals surface area contributed by atoms with Crippen LogP contribution in [0.2, 0.25) is 0 Å². The molecule has 19 heavy (non-hydrogen) atoms. The van der Waals surface area contributed by atoms with Crippen LogP contribution >= 0.6 is 0 Å².